The molecule has 0 spiro atoms. The van der Waals surface area contributed by atoms with Gasteiger partial charge in [0.1, 0.15) is 0 Å². The van der Waals surface area contributed by atoms with Crippen molar-refractivity contribution in [3.8, 4) is 11.5 Å². The highest BCUT2D eigenvalue weighted by molar-refractivity contribution is 6.02. The zero-order chi connectivity index (χ0) is 19.8. The van der Waals surface area contributed by atoms with Gasteiger partial charge < -0.3 is 19.5 Å². The maximum Gasteiger partial charge on any atom is 0.413 e. The molecule has 0 aliphatic heterocycles. The SMILES string of the molecule is COC(=O)N(C)c1ccc(NC(=O)/C=C\c2cccc(OC)c2OC)cc1. The molecule has 0 aliphatic carbocycles. The van der Waals surface area contributed by atoms with Crippen molar-refractivity contribution in [2.45, 2.75) is 0 Å². The van der Waals surface area contributed by atoms with Gasteiger partial charge in [0.15, 0.2) is 11.5 Å². The fraction of sp³-hybridized carbons (Fsp3) is 0.200. The molecular formula is C20H22N2O5. The fourth-order valence-corrected chi connectivity index (χ4v) is 2.40. The van der Waals surface area contributed by atoms with E-state index in [0.29, 0.717) is 22.9 Å². The molecule has 7 nitrogen and oxygen atoms in total. The smallest absolute Gasteiger partial charge is 0.413 e. The molecule has 0 aromatic heterocycles. The quantitative estimate of drug-likeness (QED) is 0.787. The molecule has 142 valence electrons. The van der Waals surface area contributed by atoms with Gasteiger partial charge in [0, 0.05) is 30.1 Å². The molecule has 2 aromatic carbocycles. The van der Waals surface area contributed by atoms with E-state index in [2.05, 4.69) is 10.1 Å². The Kier molecular flexibility index (Phi) is 6.82. The lowest BCUT2D eigenvalue weighted by atomic mass is 10.1. The minimum atomic E-state index is -0.470. The van der Waals surface area contributed by atoms with Crippen molar-refractivity contribution in [1.29, 1.82) is 0 Å². The summed E-state index contributed by atoms with van der Waals surface area (Å²) in [6.45, 7) is 0. The van der Waals surface area contributed by atoms with E-state index < -0.39 is 6.09 Å². The lowest BCUT2D eigenvalue weighted by Crippen LogP contribution is -2.25. The van der Waals surface area contributed by atoms with Crippen molar-refractivity contribution in [2.75, 3.05) is 38.6 Å². The first-order chi connectivity index (χ1) is 13.0. The van der Waals surface area contributed by atoms with E-state index in [9.17, 15) is 9.59 Å². The normalized spacial score (nSPS) is 10.4. The van der Waals surface area contributed by atoms with Gasteiger partial charge in [0.2, 0.25) is 5.91 Å². The summed E-state index contributed by atoms with van der Waals surface area (Å²) in [6, 6.07) is 12.2. The van der Waals surface area contributed by atoms with Crippen LogP contribution in [0.4, 0.5) is 16.2 Å². The highest BCUT2D eigenvalue weighted by atomic mass is 16.5. The minimum Gasteiger partial charge on any atom is -0.493 e. The number of nitrogens with zero attached hydrogens (tertiary/aromatic N) is 1. The Morgan fingerprint density at radius 1 is 1.00 bits per heavy atom. The third kappa shape index (κ3) is 5.01. The van der Waals surface area contributed by atoms with Crippen LogP contribution in [0.3, 0.4) is 0 Å². The first-order valence-electron chi connectivity index (χ1n) is 8.12. The summed E-state index contributed by atoms with van der Waals surface area (Å²) in [7, 11) is 6.02. The topological polar surface area (TPSA) is 77.1 Å². The van der Waals surface area contributed by atoms with Gasteiger partial charge in [0.25, 0.3) is 0 Å². The van der Waals surface area contributed by atoms with Crippen LogP contribution in [-0.4, -0.2) is 40.4 Å². The summed E-state index contributed by atoms with van der Waals surface area (Å²) < 4.78 is 15.2. The van der Waals surface area contributed by atoms with Crippen LogP contribution in [-0.2, 0) is 9.53 Å². The molecule has 0 bridgehead atoms. The molecule has 0 aliphatic rings. The number of carbonyl (C=O) groups is 2. The van der Waals surface area contributed by atoms with Crippen LogP contribution in [0.25, 0.3) is 6.08 Å². The Hall–Kier alpha value is -3.48. The van der Waals surface area contributed by atoms with E-state index in [-0.39, 0.29) is 5.91 Å². The number of carbonyl (C=O) groups excluding carboxylic acids is 2. The van der Waals surface area contributed by atoms with E-state index >= 15 is 0 Å². The number of amides is 2. The van der Waals surface area contributed by atoms with E-state index in [0.717, 1.165) is 5.56 Å². The number of hydrogen-bond acceptors (Lipinski definition) is 5. The van der Waals surface area contributed by atoms with Crippen molar-refractivity contribution in [2.24, 2.45) is 0 Å². The Bertz CT molecular complexity index is 831. The van der Waals surface area contributed by atoms with Crippen LogP contribution in [0.2, 0.25) is 0 Å². The summed E-state index contributed by atoms with van der Waals surface area (Å²) in [5, 5.41) is 2.76. The molecular weight excluding hydrogens is 348 g/mol. The van der Waals surface area contributed by atoms with Gasteiger partial charge in [-0.15, -0.1) is 0 Å². The predicted octanol–water partition coefficient (Wildman–Crippen LogP) is 3.56. The average Bonchev–Trinajstić information content (AvgIpc) is 2.71. The van der Waals surface area contributed by atoms with E-state index in [4.69, 9.17) is 9.47 Å². The highest BCUT2D eigenvalue weighted by Gasteiger charge is 2.10. The highest BCUT2D eigenvalue weighted by Crippen LogP contribution is 2.31. The average molecular weight is 370 g/mol. The summed E-state index contributed by atoms with van der Waals surface area (Å²) in [5.74, 6) is 0.846. The van der Waals surface area contributed by atoms with Crippen molar-refractivity contribution in [3.63, 3.8) is 0 Å². The maximum absolute atomic E-state index is 12.2. The Balaban J connectivity index is 2.06. The number of nitrogens with one attached hydrogen (secondary N) is 1. The first-order valence-corrected chi connectivity index (χ1v) is 8.12. The third-order valence-corrected chi connectivity index (χ3v) is 3.82. The predicted molar refractivity (Wildman–Crippen MR) is 104 cm³/mol. The summed E-state index contributed by atoms with van der Waals surface area (Å²) in [5.41, 5.74) is 1.97. The van der Waals surface area contributed by atoms with Crippen LogP contribution in [0.1, 0.15) is 5.56 Å². The molecule has 0 saturated heterocycles. The molecule has 0 saturated carbocycles. The largest absolute Gasteiger partial charge is 0.493 e. The first kappa shape index (κ1) is 19.8. The molecule has 0 fully saturated rings. The number of methoxy groups -OCH3 is 3. The number of benzene rings is 2. The maximum atomic E-state index is 12.2. The van der Waals surface area contributed by atoms with Crippen molar-refractivity contribution >= 4 is 29.5 Å². The van der Waals surface area contributed by atoms with E-state index in [1.807, 2.05) is 12.1 Å². The van der Waals surface area contributed by atoms with Crippen LogP contribution >= 0.6 is 0 Å². The van der Waals surface area contributed by atoms with Gasteiger partial charge in [0.05, 0.1) is 21.3 Å². The molecule has 7 heteroatoms. The molecule has 0 heterocycles. The van der Waals surface area contributed by atoms with Crippen molar-refractivity contribution in [1.82, 2.24) is 0 Å². The van der Waals surface area contributed by atoms with Crippen LogP contribution in [0.5, 0.6) is 11.5 Å². The van der Waals surface area contributed by atoms with E-state index in [1.165, 1.54) is 18.1 Å². The standard InChI is InChI=1S/C20H22N2O5/c1-22(20(24)27-4)16-11-9-15(10-12-16)21-18(23)13-8-14-6-5-7-17(25-2)19(14)26-3/h5-13H,1-4H3,(H,21,23)/b13-8-. The molecule has 2 rings (SSSR count). The summed E-state index contributed by atoms with van der Waals surface area (Å²) in [6.07, 6.45) is 2.59. The number of anilines is 2. The zero-order valence-corrected chi connectivity index (χ0v) is 15.7. The van der Waals surface area contributed by atoms with Crippen LogP contribution in [0.15, 0.2) is 48.5 Å². The molecule has 27 heavy (non-hydrogen) atoms. The van der Waals surface area contributed by atoms with Gasteiger partial charge in [-0.1, -0.05) is 12.1 Å². The van der Waals surface area contributed by atoms with Crippen molar-refractivity contribution < 1.29 is 23.8 Å². The summed E-state index contributed by atoms with van der Waals surface area (Å²) >= 11 is 0. The van der Waals surface area contributed by atoms with Crippen LogP contribution in [0, 0.1) is 0 Å². The lowest BCUT2D eigenvalue weighted by Gasteiger charge is -2.15. The molecule has 1 N–H and O–H groups in total. The molecule has 0 radical (unpaired) electrons. The molecule has 2 amide bonds. The zero-order valence-electron chi connectivity index (χ0n) is 15.7. The second-order valence-electron chi connectivity index (χ2n) is 5.48. The fourth-order valence-electron chi connectivity index (χ4n) is 2.40. The third-order valence-electron chi connectivity index (χ3n) is 3.82. The molecule has 0 unspecified atom stereocenters. The molecule has 2 aromatic rings. The van der Waals surface area contributed by atoms with Gasteiger partial charge in [-0.25, -0.2) is 4.79 Å². The van der Waals surface area contributed by atoms with Gasteiger partial charge >= 0.3 is 6.09 Å². The van der Waals surface area contributed by atoms with Gasteiger partial charge in [-0.2, -0.15) is 0 Å². The Morgan fingerprint density at radius 3 is 2.30 bits per heavy atom. The minimum absolute atomic E-state index is 0.297. The number of para-hydroxylation sites is 1. The van der Waals surface area contributed by atoms with E-state index in [1.54, 1.807) is 57.7 Å². The second-order valence-corrected chi connectivity index (χ2v) is 5.48. The number of hydrogen-bond donors (Lipinski definition) is 1. The number of rotatable bonds is 6. The monoisotopic (exact) mass is 370 g/mol. The summed E-state index contributed by atoms with van der Waals surface area (Å²) in [4.78, 5) is 25.0. The number of ether oxygens (including phenoxy) is 3. The lowest BCUT2D eigenvalue weighted by molar-refractivity contribution is -0.111. The Labute approximate surface area is 158 Å². The van der Waals surface area contributed by atoms with Gasteiger partial charge in [-0.3, -0.25) is 9.69 Å². The molecule has 0 atom stereocenters. The second kappa shape index (κ2) is 9.28. The van der Waals surface area contributed by atoms with Crippen molar-refractivity contribution in [3.05, 3.63) is 54.1 Å². The Morgan fingerprint density at radius 2 is 1.70 bits per heavy atom. The van der Waals surface area contributed by atoms with Crippen LogP contribution < -0.4 is 19.7 Å². The van der Waals surface area contributed by atoms with Gasteiger partial charge in [-0.05, 0) is 36.4 Å².